The van der Waals surface area contributed by atoms with E-state index in [1.54, 1.807) is 4.90 Å². The zero-order chi connectivity index (χ0) is 33.0. The van der Waals surface area contributed by atoms with Crippen molar-refractivity contribution in [2.45, 2.75) is 63.9 Å². The number of rotatable bonds is 8. The summed E-state index contributed by atoms with van der Waals surface area (Å²) < 4.78 is 12.1. The molecule has 0 spiro atoms. The zero-order valence-electron chi connectivity index (χ0n) is 27.8. The largest absolute Gasteiger partial charge is 0.462 e. The van der Waals surface area contributed by atoms with Crippen LogP contribution in [0, 0.1) is 11.3 Å². The number of nitrogens with zero attached hydrogens (tertiary/aromatic N) is 7. The number of nitriles is 1. The second-order valence-electron chi connectivity index (χ2n) is 13.2. The van der Waals surface area contributed by atoms with Crippen molar-refractivity contribution in [1.82, 2.24) is 19.8 Å². The summed E-state index contributed by atoms with van der Waals surface area (Å²) >= 11 is 0. The average molecular weight is 646 g/mol. The number of benzene rings is 3. The van der Waals surface area contributed by atoms with Gasteiger partial charge in [0.15, 0.2) is 0 Å². The molecule has 4 heterocycles. The maximum absolute atomic E-state index is 13.4. The molecule has 2 saturated heterocycles. The molecule has 248 valence electrons. The molecule has 3 atom stereocenters. The summed E-state index contributed by atoms with van der Waals surface area (Å²) in [5, 5.41) is 12.2. The first kappa shape index (κ1) is 31.7. The van der Waals surface area contributed by atoms with Crippen molar-refractivity contribution in [2.75, 3.05) is 49.6 Å². The Kier molecular flexibility index (Phi) is 9.30. The highest BCUT2D eigenvalue weighted by molar-refractivity contribution is 5.94. The van der Waals surface area contributed by atoms with Crippen LogP contribution in [0.1, 0.15) is 43.0 Å². The lowest BCUT2D eigenvalue weighted by molar-refractivity contribution is 0.0709. The summed E-state index contributed by atoms with van der Waals surface area (Å²) in [7, 11) is 2.14. The Morgan fingerprint density at radius 2 is 1.79 bits per heavy atom. The third-order valence-electron chi connectivity index (χ3n) is 10.1. The molecule has 4 aromatic rings. The normalized spacial score (nSPS) is 21.2. The number of likely N-dealkylation sites (tertiary alicyclic amines) is 1. The minimum absolute atomic E-state index is 0.0619. The topological polar surface area (TPSA) is 98.1 Å². The summed E-state index contributed by atoms with van der Waals surface area (Å²) in [5.41, 5.74) is 4.19. The Labute approximate surface area is 282 Å². The molecule has 2 fully saturated rings. The van der Waals surface area contributed by atoms with Crippen LogP contribution in [0.3, 0.4) is 0 Å². The standard InChI is InChI=1S/C38H43N7O3/c1-27-22-45(38(46)48-25-28-10-4-3-5-11-28)30(17-19-39)23-44(27)36-33-18-21-43(35-16-8-13-29-12-6-7-15-32(29)35)24-34(33)40-37(41-36)47-26-31-14-9-20-42(31)2/h3-8,10-13,15-16,27,30-31H,9,14,17-18,20-26H2,1-2H3/t27?,30-,31+/m1/s1. The third kappa shape index (κ3) is 6.60. The van der Waals surface area contributed by atoms with Crippen molar-refractivity contribution in [1.29, 1.82) is 5.26 Å². The van der Waals surface area contributed by atoms with E-state index in [9.17, 15) is 10.1 Å². The predicted molar refractivity (Wildman–Crippen MR) is 186 cm³/mol. The number of likely N-dealkylation sites (N-methyl/N-ethyl adjacent to an activating group) is 1. The average Bonchev–Trinajstić information content (AvgIpc) is 3.54. The van der Waals surface area contributed by atoms with Crippen LogP contribution < -0.4 is 14.5 Å². The highest BCUT2D eigenvalue weighted by Crippen LogP contribution is 2.36. The van der Waals surface area contributed by atoms with Gasteiger partial charge in [-0.2, -0.15) is 15.2 Å². The van der Waals surface area contributed by atoms with E-state index in [-0.39, 0.29) is 25.1 Å². The van der Waals surface area contributed by atoms with Crippen molar-refractivity contribution in [2.24, 2.45) is 0 Å². The van der Waals surface area contributed by atoms with Gasteiger partial charge in [-0.1, -0.05) is 66.7 Å². The monoisotopic (exact) mass is 645 g/mol. The van der Waals surface area contributed by atoms with Crippen LogP contribution in [0.15, 0.2) is 72.8 Å². The molecule has 3 aliphatic heterocycles. The van der Waals surface area contributed by atoms with Gasteiger partial charge in [0.2, 0.25) is 0 Å². The van der Waals surface area contributed by atoms with E-state index >= 15 is 0 Å². The number of amides is 1. The SMILES string of the molecule is CC1CN(C(=O)OCc2ccccc2)[C@H](CC#N)CN1c1nc(OC[C@@H]2CCCN2C)nc2c1CCN(c1cccc3ccccc13)C2. The Hall–Kier alpha value is -4.88. The number of piperazine rings is 1. The van der Waals surface area contributed by atoms with Gasteiger partial charge in [-0.05, 0) is 56.8 Å². The molecule has 0 saturated carbocycles. The Morgan fingerprint density at radius 3 is 2.60 bits per heavy atom. The summed E-state index contributed by atoms with van der Waals surface area (Å²) in [6.07, 6.45) is 2.83. The number of ether oxygens (including phenoxy) is 2. The first-order chi connectivity index (χ1) is 23.5. The Balaban J connectivity index is 1.17. The van der Waals surface area contributed by atoms with Gasteiger partial charge < -0.3 is 29.1 Å². The fourth-order valence-electron chi connectivity index (χ4n) is 7.38. The minimum atomic E-state index is -0.397. The summed E-state index contributed by atoms with van der Waals surface area (Å²) in [4.78, 5) is 32.2. The van der Waals surface area contributed by atoms with Gasteiger partial charge in [-0.25, -0.2) is 4.79 Å². The molecule has 3 aromatic carbocycles. The fourth-order valence-corrected chi connectivity index (χ4v) is 7.38. The first-order valence-corrected chi connectivity index (χ1v) is 17.0. The van der Waals surface area contributed by atoms with Crippen LogP contribution in [0.4, 0.5) is 16.3 Å². The van der Waals surface area contributed by atoms with E-state index in [1.165, 1.54) is 16.5 Å². The van der Waals surface area contributed by atoms with Crippen molar-refractivity contribution < 1.29 is 14.3 Å². The summed E-state index contributed by atoms with van der Waals surface area (Å²) in [5.74, 6) is 0.847. The van der Waals surface area contributed by atoms with Gasteiger partial charge in [0.05, 0.1) is 30.8 Å². The maximum atomic E-state index is 13.4. The predicted octanol–water partition coefficient (Wildman–Crippen LogP) is 5.80. The van der Waals surface area contributed by atoms with Crippen molar-refractivity contribution in [3.63, 3.8) is 0 Å². The lowest BCUT2D eigenvalue weighted by Crippen LogP contribution is -2.59. The summed E-state index contributed by atoms with van der Waals surface area (Å²) in [6.45, 7) is 6.26. The quantitative estimate of drug-likeness (QED) is 0.236. The van der Waals surface area contributed by atoms with Gasteiger partial charge in [0.25, 0.3) is 0 Å². The molecular weight excluding hydrogens is 602 g/mol. The van der Waals surface area contributed by atoms with E-state index in [1.807, 2.05) is 30.3 Å². The molecule has 10 heteroatoms. The smallest absolute Gasteiger partial charge is 0.410 e. The number of aromatic nitrogens is 2. The lowest BCUT2D eigenvalue weighted by atomic mass is 10.00. The number of carbonyl (C=O) groups is 1. The molecule has 7 rings (SSSR count). The van der Waals surface area contributed by atoms with Gasteiger partial charge in [-0.3, -0.25) is 0 Å². The number of fused-ring (bicyclic) bond motifs is 2. The third-order valence-corrected chi connectivity index (χ3v) is 10.1. The zero-order valence-corrected chi connectivity index (χ0v) is 27.8. The number of hydrogen-bond acceptors (Lipinski definition) is 9. The Morgan fingerprint density at radius 1 is 0.979 bits per heavy atom. The van der Waals surface area contributed by atoms with E-state index in [0.29, 0.717) is 38.3 Å². The van der Waals surface area contributed by atoms with Gasteiger partial charge in [-0.15, -0.1) is 0 Å². The molecule has 10 nitrogen and oxygen atoms in total. The number of carbonyl (C=O) groups excluding carboxylic acids is 1. The first-order valence-electron chi connectivity index (χ1n) is 17.0. The van der Waals surface area contributed by atoms with Gasteiger partial charge >= 0.3 is 12.1 Å². The van der Waals surface area contributed by atoms with Crippen molar-refractivity contribution in [3.05, 3.63) is 89.6 Å². The van der Waals surface area contributed by atoms with E-state index in [2.05, 4.69) is 77.2 Å². The van der Waals surface area contributed by atoms with Crippen molar-refractivity contribution in [3.8, 4) is 12.1 Å². The van der Waals surface area contributed by atoms with Gasteiger partial charge in [0.1, 0.15) is 19.0 Å². The molecule has 0 aliphatic carbocycles. The molecule has 1 amide bonds. The van der Waals surface area contributed by atoms with Crippen LogP contribution in [0.2, 0.25) is 0 Å². The second-order valence-corrected chi connectivity index (χ2v) is 13.2. The Bertz CT molecular complexity index is 1790. The second kappa shape index (κ2) is 14.1. The molecule has 0 bridgehead atoms. The highest BCUT2D eigenvalue weighted by Gasteiger charge is 2.38. The minimum Gasteiger partial charge on any atom is -0.462 e. The van der Waals surface area contributed by atoms with E-state index in [4.69, 9.17) is 19.4 Å². The maximum Gasteiger partial charge on any atom is 0.410 e. The van der Waals surface area contributed by atoms with Crippen LogP contribution in [-0.2, 0) is 24.3 Å². The van der Waals surface area contributed by atoms with E-state index in [0.717, 1.165) is 55.0 Å². The van der Waals surface area contributed by atoms with Crippen LogP contribution in [0.5, 0.6) is 6.01 Å². The van der Waals surface area contributed by atoms with Crippen LogP contribution in [0.25, 0.3) is 10.8 Å². The molecular formula is C38H43N7O3. The van der Waals surface area contributed by atoms with Crippen LogP contribution in [-0.4, -0.2) is 83.8 Å². The highest BCUT2D eigenvalue weighted by atomic mass is 16.6. The molecule has 1 unspecified atom stereocenters. The van der Waals surface area contributed by atoms with Gasteiger partial charge in [0, 0.05) is 48.4 Å². The van der Waals surface area contributed by atoms with Crippen molar-refractivity contribution >= 4 is 28.4 Å². The lowest BCUT2D eigenvalue weighted by Gasteiger charge is -2.45. The number of anilines is 2. The molecule has 3 aliphatic rings. The molecule has 0 N–H and O–H groups in total. The fraction of sp³-hybridized carbons (Fsp3) is 0.421. The molecule has 0 radical (unpaired) electrons. The molecule has 48 heavy (non-hydrogen) atoms. The number of hydrogen-bond donors (Lipinski definition) is 0. The van der Waals surface area contributed by atoms with Crippen LogP contribution >= 0.6 is 0 Å². The van der Waals surface area contributed by atoms with E-state index < -0.39 is 6.09 Å². The molecule has 1 aromatic heterocycles. The summed E-state index contributed by atoms with van der Waals surface area (Å²) in [6, 6.07) is 27.2.